The van der Waals surface area contributed by atoms with Gasteiger partial charge in [-0.3, -0.25) is 9.52 Å². The first-order valence-corrected chi connectivity index (χ1v) is 15.9. The quantitative estimate of drug-likeness (QED) is 0.126. The highest BCUT2D eigenvalue weighted by atomic mass is 32.2. The van der Waals surface area contributed by atoms with E-state index in [0.29, 0.717) is 27.9 Å². The van der Waals surface area contributed by atoms with Gasteiger partial charge in [0, 0.05) is 23.0 Å². The average molecular weight is 693 g/mol. The van der Waals surface area contributed by atoms with Crippen molar-refractivity contribution in [2.75, 3.05) is 24.2 Å². The van der Waals surface area contributed by atoms with E-state index in [-0.39, 0.29) is 45.0 Å². The number of carbonyl (C=O) groups is 1. The van der Waals surface area contributed by atoms with Crippen LogP contribution in [0.4, 0.5) is 24.7 Å². The summed E-state index contributed by atoms with van der Waals surface area (Å²) in [4.78, 5) is 20.6. The number of carbonyl (C=O) groups excluding carboxylic acids is 1. The molecule has 0 aliphatic heterocycles. The van der Waals surface area contributed by atoms with Crippen molar-refractivity contribution in [2.24, 2.45) is 0 Å². The molecule has 0 fully saturated rings. The zero-order valence-corrected chi connectivity index (χ0v) is 26.6. The van der Waals surface area contributed by atoms with Crippen LogP contribution in [-0.4, -0.2) is 54.1 Å². The highest BCUT2D eigenvalue weighted by Crippen LogP contribution is 2.34. The molecule has 0 aliphatic rings. The van der Waals surface area contributed by atoms with Crippen LogP contribution < -0.4 is 24.7 Å². The maximum Gasteiger partial charge on any atom is 0.272 e. The van der Waals surface area contributed by atoms with Gasteiger partial charge in [-0.2, -0.15) is 5.10 Å². The van der Waals surface area contributed by atoms with E-state index < -0.39 is 34.7 Å². The Morgan fingerprint density at radius 3 is 2.57 bits per heavy atom. The van der Waals surface area contributed by atoms with Gasteiger partial charge in [-0.05, 0) is 55.0 Å². The second kappa shape index (κ2) is 13.2. The van der Waals surface area contributed by atoms with Gasteiger partial charge in [0.25, 0.3) is 16.4 Å². The van der Waals surface area contributed by atoms with Crippen molar-refractivity contribution in [3.63, 3.8) is 0 Å². The fourth-order valence-electron chi connectivity index (χ4n) is 4.92. The lowest BCUT2D eigenvalue weighted by Crippen LogP contribution is -2.15. The number of sulfonamides is 1. The molecule has 4 N–H and O–H groups in total. The van der Waals surface area contributed by atoms with Crippen molar-refractivity contribution in [1.29, 1.82) is 0 Å². The molecule has 3 aromatic heterocycles. The number of ether oxygens (including phenoxy) is 3. The van der Waals surface area contributed by atoms with Crippen LogP contribution in [0.3, 0.4) is 0 Å². The van der Waals surface area contributed by atoms with Crippen LogP contribution in [-0.2, 0) is 10.0 Å². The minimum absolute atomic E-state index is 0.000984. The Kier molecular flexibility index (Phi) is 8.88. The van der Waals surface area contributed by atoms with Gasteiger partial charge in [-0.15, -0.1) is 0 Å². The number of benzene rings is 3. The number of ketones is 1. The number of nitrogen functional groups attached to an aromatic ring is 1. The van der Waals surface area contributed by atoms with Crippen molar-refractivity contribution in [2.45, 2.75) is 18.2 Å². The molecule has 0 spiro atoms. The average Bonchev–Trinajstić information content (AvgIpc) is 3.67. The molecule has 0 aliphatic carbocycles. The van der Waals surface area contributed by atoms with E-state index in [1.807, 2.05) is 0 Å². The highest BCUT2D eigenvalue weighted by molar-refractivity contribution is 7.92. The number of nitrogens with zero attached hydrogens (tertiary/aromatic N) is 3. The van der Waals surface area contributed by atoms with Crippen LogP contribution in [0, 0.1) is 12.7 Å². The number of H-pyrrole nitrogens is 1. The Morgan fingerprint density at radius 2 is 1.84 bits per heavy atom. The Bertz CT molecular complexity index is 2310. The maximum atomic E-state index is 14.0. The third-order valence-corrected chi connectivity index (χ3v) is 8.68. The van der Waals surface area contributed by atoms with Crippen molar-refractivity contribution in [1.82, 2.24) is 19.7 Å². The normalized spacial score (nSPS) is 11.6. The molecule has 252 valence electrons. The summed E-state index contributed by atoms with van der Waals surface area (Å²) in [5, 5.41) is 4.63. The smallest absolute Gasteiger partial charge is 0.272 e. The molecule has 0 amide bonds. The van der Waals surface area contributed by atoms with E-state index in [0.717, 1.165) is 0 Å². The van der Waals surface area contributed by atoms with Crippen molar-refractivity contribution in [3.8, 4) is 28.8 Å². The molecular weight excluding hydrogens is 665 g/mol. The third kappa shape index (κ3) is 6.85. The molecule has 16 heteroatoms. The number of methoxy groups -OCH3 is 1. The van der Waals surface area contributed by atoms with E-state index >= 15 is 0 Å². The number of alkyl halides is 2. The van der Waals surface area contributed by atoms with E-state index in [1.54, 1.807) is 25.1 Å². The van der Waals surface area contributed by atoms with Gasteiger partial charge in [-0.1, -0.05) is 18.2 Å². The molecule has 0 unspecified atom stereocenters. The van der Waals surface area contributed by atoms with Crippen LogP contribution in [0.1, 0.15) is 21.6 Å². The summed E-state index contributed by atoms with van der Waals surface area (Å²) in [7, 11) is -2.83. The summed E-state index contributed by atoms with van der Waals surface area (Å²) in [6.07, 6.45) is -0.144. The zero-order valence-electron chi connectivity index (χ0n) is 25.8. The maximum absolute atomic E-state index is 14.0. The summed E-state index contributed by atoms with van der Waals surface area (Å²) >= 11 is 0. The highest BCUT2D eigenvalue weighted by Gasteiger charge is 2.23. The summed E-state index contributed by atoms with van der Waals surface area (Å²) in [6, 6.07) is 17.2. The SMILES string of the molecule is COc1cccc(S(=O)(=O)Nc2cc3[nH]c(C(=O)c4cnn(-c5cnc(Oc6ccccc6F)cc5C)c4N)cc3cc2OCC(F)F)c1. The number of hydrogen-bond acceptors (Lipinski definition) is 9. The minimum Gasteiger partial charge on any atom is -0.497 e. The number of para-hydroxylation sites is 1. The predicted octanol–water partition coefficient (Wildman–Crippen LogP) is 6.25. The monoisotopic (exact) mass is 692 g/mol. The first-order valence-electron chi connectivity index (χ1n) is 14.5. The number of nitrogens with one attached hydrogen (secondary N) is 2. The van der Waals surface area contributed by atoms with Gasteiger partial charge in [0.1, 0.15) is 23.9 Å². The molecule has 0 saturated carbocycles. The first kappa shape index (κ1) is 32.9. The molecule has 6 rings (SSSR count). The summed E-state index contributed by atoms with van der Waals surface area (Å²) in [5.74, 6) is -0.878. The topological polar surface area (TPSA) is 163 Å². The molecule has 49 heavy (non-hydrogen) atoms. The van der Waals surface area contributed by atoms with Crippen LogP contribution in [0.5, 0.6) is 23.1 Å². The van der Waals surface area contributed by atoms with Gasteiger partial charge in [0.05, 0.1) is 47.0 Å². The standard InChI is InChI=1S/C33H27F3N6O6S/c1-18-10-31(48-28-9-4-3-8-23(28)34)38-16-27(18)42-33(37)22(15-39-42)32(43)26-11-19-12-29(47-17-30(35)36)25(14-24(19)40-26)41-49(44,45)21-7-5-6-20(13-21)46-2/h3-16,30,40-41H,17,37H2,1-2H3. The number of fused-ring (bicyclic) bond motifs is 1. The van der Waals surface area contributed by atoms with E-state index in [4.69, 9.17) is 19.9 Å². The lowest BCUT2D eigenvalue weighted by atomic mass is 10.1. The Hall–Kier alpha value is -6.03. The fourth-order valence-corrected chi connectivity index (χ4v) is 6.01. The summed E-state index contributed by atoms with van der Waals surface area (Å²) in [5.41, 5.74) is 7.65. The number of aryl methyl sites for hydroxylation is 1. The predicted molar refractivity (Wildman–Crippen MR) is 174 cm³/mol. The largest absolute Gasteiger partial charge is 0.497 e. The second-order valence-electron chi connectivity index (χ2n) is 10.6. The second-order valence-corrected chi connectivity index (χ2v) is 12.3. The third-order valence-electron chi connectivity index (χ3n) is 7.31. The van der Waals surface area contributed by atoms with Gasteiger partial charge < -0.3 is 24.9 Å². The van der Waals surface area contributed by atoms with Crippen molar-refractivity contribution < 1.29 is 40.6 Å². The molecule has 12 nitrogen and oxygen atoms in total. The molecular formula is C33H27F3N6O6S. The number of anilines is 2. The van der Waals surface area contributed by atoms with Crippen molar-refractivity contribution in [3.05, 3.63) is 108 Å². The Labute approximate surface area is 277 Å². The van der Waals surface area contributed by atoms with Gasteiger partial charge in [0.15, 0.2) is 11.6 Å². The van der Waals surface area contributed by atoms with E-state index in [2.05, 4.69) is 19.8 Å². The summed E-state index contributed by atoms with van der Waals surface area (Å²) in [6.45, 7) is 0.731. The van der Waals surface area contributed by atoms with Crippen LogP contribution >= 0.6 is 0 Å². The van der Waals surface area contributed by atoms with Crippen molar-refractivity contribution >= 4 is 38.2 Å². The number of pyridine rings is 1. The zero-order chi connectivity index (χ0) is 34.9. The molecule has 0 atom stereocenters. The number of aromatic amines is 1. The van der Waals surface area contributed by atoms with Crippen LogP contribution in [0.15, 0.2) is 90.1 Å². The number of hydrogen-bond donors (Lipinski definition) is 3. The molecule has 3 aromatic carbocycles. The molecule has 0 radical (unpaired) electrons. The van der Waals surface area contributed by atoms with E-state index in [1.165, 1.54) is 78.8 Å². The summed E-state index contributed by atoms with van der Waals surface area (Å²) < 4.78 is 86.2. The molecule has 3 heterocycles. The van der Waals surface area contributed by atoms with E-state index in [9.17, 15) is 26.4 Å². The molecule has 0 saturated heterocycles. The number of nitrogens with two attached hydrogens (primary N) is 1. The van der Waals surface area contributed by atoms with Crippen LogP contribution in [0.25, 0.3) is 16.6 Å². The lowest BCUT2D eigenvalue weighted by Gasteiger charge is -2.14. The van der Waals surface area contributed by atoms with Gasteiger partial charge >= 0.3 is 0 Å². The number of halogens is 3. The number of aromatic nitrogens is 4. The van der Waals surface area contributed by atoms with Gasteiger partial charge in [-0.25, -0.2) is 31.3 Å². The Morgan fingerprint density at radius 1 is 1.04 bits per heavy atom. The minimum atomic E-state index is -4.22. The first-order chi connectivity index (χ1) is 23.4. The van der Waals surface area contributed by atoms with Crippen LogP contribution in [0.2, 0.25) is 0 Å². The molecule has 0 bridgehead atoms. The number of rotatable bonds is 12. The Balaban J connectivity index is 1.29. The fraction of sp³-hybridized carbons (Fsp3) is 0.121. The van der Waals surface area contributed by atoms with Gasteiger partial charge in [0.2, 0.25) is 11.7 Å². The molecule has 6 aromatic rings. The lowest BCUT2D eigenvalue weighted by molar-refractivity contribution is 0.0823.